The molecule has 1 aromatic heterocycles. The molecule has 4 N–H and O–H groups in total. The monoisotopic (exact) mass is 269 g/mol. The lowest BCUT2D eigenvalue weighted by Gasteiger charge is -2.30. The maximum Gasteiger partial charge on any atom is 0.263 e. The Morgan fingerprint density at radius 3 is 2.89 bits per heavy atom. The molecule has 0 bridgehead atoms. The van der Waals surface area contributed by atoms with Gasteiger partial charge in [-0.15, -0.1) is 11.3 Å². The number of anilines is 2. The molecule has 1 aliphatic heterocycles. The lowest BCUT2D eigenvalue weighted by atomic mass is 10.1. The molecule has 0 saturated carbocycles. The van der Waals surface area contributed by atoms with Gasteiger partial charge in [0.15, 0.2) is 0 Å². The number of hydrogen-bond donors (Lipinski definition) is 3. The van der Waals surface area contributed by atoms with Crippen molar-refractivity contribution in [1.82, 2.24) is 5.32 Å². The Hall–Kier alpha value is -1.27. The zero-order valence-corrected chi connectivity index (χ0v) is 11.3. The van der Waals surface area contributed by atoms with Gasteiger partial charge in [0.2, 0.25) is 0 Å². The number of nitrogen functional groups attached to an aromatic ring is 1. The molecule has 0 aromatic carbocycles. The summed E-state index contributed by atoms with van der Waals surface area (Å²) in [6.07, 6.45) is 1.35. The van der Waals surface area contributed by atoms with Crippen molar-refractivity contribution in [3.8, 4) is 0 Å². The number of piperidine rings is 1. The molecule has 0 unspecified atom stereocenters. The second kappa shape index (κ2) is 5.58. The summed E-state index contributed by atoms with van der Waals surface area (Å²) >= 11 is 1.42. The van der Waals surface area contributed by atoms with E-state index in [-0.39, 0.29) is 12.0 Å². The third-order valence-corrected chi connectivity index (χ3v) is 4.28. The van der Waals surface area contributed by atoms with E-state index >= 15 is 0 Å². The molecule has 1 saturated heterocycles. The number of rotatable bonds is 3. The molecule has 0 spiro atoms. The summed E-state index contributed by atoms with van der Waals surface area (Å²) in [5.41, 5.74) is 6.41. The first-order chi connectivity index (χ1) is 8.61. The number of carbonyl (C=O) groups is 1. The van der Waals surface area contributed by atoms with Gasteiger partial charge in [0.1, 0.15) is 4.88 Å². The lowest BCUT2D eigenvalue weighted by molar-refractivity contribution is 0.0960. The minimum Gasteiger partial charge on any atom is -0.397 e. The third-order valence-electron chi connectivity index (χ3n) is 3.07. The largest absolute Gasteiger partial charge is 0.397 e. The van der Waals surface area contributed by atoms with Gasteiger partial charge in [-0.3, -0.25) is 4.79 Å². The first kappa shape index (κ1) is 13.2. The van der Waals surface area contributed by atoms with Crippen LogP contribution >= 0.6 is 11.3 Å². The van der Waals surface area contributed by atoms with Crippen molar-refractivity contribution in [1.29, 1.82) is 0 Å². The summed E-state index contributed by atoms with van der Waals surface area (Å²) in [5, 5.41) is 13.3. The Bertz CT molecular complexity index is 425. The van der Waals surface area contributed by atoms with E-state index < -0.39 is 0 Å². The number of aliphatic hydroxyl groups excluding tert-OH is 1. The summed E-state index contributed by atoms with van der Waals surface area (Å²) in [6, 6.07) is 1.85. The summed E-state index contributed by atoms with van der Waals surface area (Å²) in [5.74, 6) is -0.108. The lowest BCUT2D eigenvalue weighted by Crippen LogP contribution is -2.35. The van der Waals surface area contributed by atoms with Gasteiger partial charge < -0.3 is 21.1 Å². The molecule has 1 aliphatic rings. The van der Waals surface area contributed by atoms with Crippen LogP contribution in [0.3, 0.4) is 0 Å². The molecular formula is C12H19N3O2S. The van der Waals surface area contributed by atoms with Crippen LogP contribution in [-0.4, -0.2) is 36.8 Å². The average molecular weight is 269 g/mol. The van der Waals surface area contributed by atoms with Crippen LogP contribution in [0.2, 0.25) is 0 Å². The Morgan fingerprint density at radius 1 is 1.61 bits per heavy atom. The molecule has 0 radical (unpaired) electrons. The van der Waals surface area contributed by atoms with E-state index in [0.717, 1.165) is 30.9 Å². The summed E-state index contributed by atoms with van der Waals surface area (Å²) in [7, 11) is 0. The summed E-state index contributed by atoms with van der Waals surface area (Å²) in [4.78, 5) is 14.5. The molecule has 1 amide bonds. The highest BCUT2D eigenvalue weighted by atomic mass is 32.1. The van der Waals surface area contributed by atoms with E-state index in [4.69, 9.17) is 5.73 Å². The van der Waals surface area contributed by atoms with Gasteiger partial charge in [0.05, 0.1) is 16.8 Å². The van der Waals surface area contributed by atoms with E-state index in [9.17, 15) is 9.90 Å². The van der Waals surface area contributed by atoms with Crippen molar-refractivity contribution in [3.05, 3.63) is 10.9 Å². The minimum atomic E-state index is -0.193. The molecule has 5 nitrogen and oxygen atoms in total. The van der Waals surface area contributed by atoms with Crippen molar-refractivity contribution < 1.29 is 9.90 Å². The van der Waals surface area contributed by atoms with Gasteiger partial charge in [-0.25, -0.2) is 0 Å². The number of nitrogens with zero attached hydrogens (tertiary/aromatic N) is 1. The Morgan fingerprint density at radius 2 is 2.28 bits per heavy atom. The number of aliphatic hydroxyl groups is 1. The summed E-state index contributed by atoms with van der Waals surface area (Å²) < 4.78 is 0. The fourth-order valence-electron chi connectivity index (χ4n) is 2.05. The van der Waals surface area contributed by atoms with E-state index in [1.807, 2.05) is 13.0 Å². The van der Waals surface area contributed by atoms with E-state index in [2.05, 4.69) is 10.2 Å². The topological polar surface area (TPSA) is 78.6 Å². The number of nitrogens with two attached hydrogens (primary N) is 1. The normalized spacial score (nSPS) is 16.9. The molecule has 1 fully saturated rings. The molecule has 100 valence electrons. The molecule has 0 aliphatic carbocycles. The maximum absolute atomic E-state index is 11.8. The zero-order chi connectivity index (χ0) is 13.1. The Labute approximate surface area is 111 Å². The summed E-state index contributed by atoms with van der Waals surface area (Å²) in [6.45, 7) is 4.11. The Kier molecular flexibility index (Phi) is 4.08. The molecule has 6 heteroatoms. The molecule has 1 aromatic rings. The van der Waals surface area contributed by atoms with Crippen LogP contribution in [0.1, 0.15) is 29.4 Å². The number of thiophene rings is 1. The van der Waals surface area contributed by atoms with Crippen molar-refractivity contribution in [2.24, 2.45) is 0 Å². The molecule has 0 atom stereocenters. The van der Waals surface area contributed by atoms with E-state index in [1.165, 1.54) is 11.3 Å². The molecule has 2 heterocycles. The van der Waals surface area contributed by atoms with Crippen molar-refractivity contribution in [3.63, 3.8) is 0 Å². The fraction of sp³-hybridized carbons (Fsp3) is 0.583. The average Bonchev–Trinajstić information content (AvgIpc) is 2.72. The van der Waals surface area contributed by atoms with Crippen molar-refractivity contribution in [2.75, 3.05) is 30.3 Å². The van der Waals surface area contributed by atoms with Crippen LogP contribution < -0.4 is 16.0 Å². The standard InChI is InChI=1S/C12H19N3O2S/c1-2-14-12(17)11-9(13)7-10(18-11)15-5-3-8(16)4-6-15/h7-8,16H,2-6,13H2,1H3,(H,14,17). The van der Waals surface area contributed by atoms with Crippen LogP contribution in [0.5, 0.6) is 0 Å². The van der Waals surface area contributed by atoms with Crippen LogP contribution in [-0.2, 0) is 0 Å². The molecular weight excluding hydrogens is 250 g/mol. The smallest absolute Gasteiger partial charge is 0.263 e. The van der Waals surface area contributed by atoms with Gasteiger partial charge in [0.25, 0.3) is 5.91 Å². The van der Waals surface area contributed by atoms with Crippen LogP contribution in [0, 0.1) is 0 Å². The van der Waals surface area contributed by atoms with Crippen LogP contribution in [0.25, 0.3) is 0 Å². The van der Waals surface area contributed by atoms with E-state index in [0.29, 0.717) is 17.1 Å². The number of nitrogens with one attached hydrogen (secondary N) is 1. The van der Waals surface area contributed by atoms with Crippen LogP contribution in [0.4, 0.5) is 10.7 Å². The second-order valence-electron chi connectivity index (χ2n) is 4.45. The van der Waals surface area contributed by atoms with Gasteiger partial charge >= 0.3 is 0 Å². The predicted octanol–water partition coefficient (Wildman–Crippen LogP) is 1.04. The maximum atomic E-state index is 11.8. The van der Waals surface area contributed by atoms with Gasteiger partial charge in [-0.2, -0.15) is 0 Å². The van der Waals surface area contributed by atoms with Gasteiger partial charge in [-0.05, 0) is 25.8 Å². The highest BCUT2D eigenvalue weighted by molar-refractivity contribution is 7.18. The predicted molar refractivity (Wildman–Crippen MR) is 74.2 cm³/mol. The zero-order valence-electron chi connectivity index (χ0n) is 10.5. The number of amides is 1. The quantitative estimate of drug-likeness (QED) is 0.766. The highest BCUT2D eigenvalue weighted by Crippen LogP contribution is 2.33. The van der Waals surface area contributed by atoms with Gasteiger partial charge in [0, 0.05) is 19.6 Å². The van der Waals surface area contributed by atoms with Crippen LogP contribution in [0.15, 0.2) is 6.07 Å². The van der Waals surface area contributed by atoms with Gasteiger partial charge in [-0.1, -0.05) is 0 Å². The molecule has 18 heavy (non-hydrogen) atoms. The first-order valence-corrected chi connectivity index (χ1v) is 7.04. The minimum absolute atomic E-state index is 0.108. The number of carbonyl (C=O) groups excluding carboxylic acids is 1. The van der Waals surface area contributed by atoms with Crippen molar-refractivity contribution in [2.45, 2.75) is 25.9 Å². The second-order valence-corrected chi connectivity index (χ2v) is 5.48. The highest BCUT2D eigenvalue weighted by Gasteiger charge is 2.21. The SMILES string of the molecule is CCNC(=O)c1sc(N2CCC(O)CC2)cc1N. The first-order valence-electron chi connectivity index (χ1n) is 6.22. The van der Waals surface area contributed by atoms with E-state index in [1.54, 1.807) is 0 Å². The Balaban J connectivity index is 2.11. The number of hydrogen-bond acceptors (Lipinski definition) is 5. The molecule has 2 rings (SSSR count). The van der Waals surface area contributed by atoms with Crippen molar-refractivity contribution >= 4 is 27.9 Å². The fourth-order valence-corrected chi connectivity index (χ4v) is 3.10. The third kappa shape index (κ3) is 2.76.